The van der Waals surface area contributed by atoms with E-state index < -0.39 is 0 Å². The highest BCUT2D eigenvalue weighted by atomic mass is 35.5. The maximum absolute atomic E-state index is 14.1. The standard InChI is InChI=1S/C24H22Cl2FN3S2/c1-12(2)31-23-22(16-6-7-19(25)20(26)11-16)28-24(32-23)30-15(5)21(14(4)29-30)17-8-13(3)9-18(27)10-17/h6-12H,1-5H3. The van der Waals surface area contributed by atoms with E-state index in [2.05, 4.69) is 13.8 Å². The molecule has 2 aromatic heterocycles. The summed E-state index contributed by atoms with van der Waals surface area (Å²) in [6.45, 7) is 10.1. The van der Waals surface area contributed by atoms with E-state index in [1.165, 1.54) is 6.07 Å². The van der Waals surface area contributed by atoms with Gasteiger partial charge in [0, 0.05) is 16.4 Å². The van der Waals surface area contributed by atoms with Crippen LogP contribution in [-0.4, -0.2) is 20.0 Å². The Morgan fingerprint density at radius 1 is 1.00 bits per heavy atom. The third-order valence-electron chi connectivity index (χ3n) is 4.92. The number of hydrogen-bond acceptors (Lipinski definition) is 4. The van der Waals surface area contributed by atoms with Gasteiger partial charge in [-0.25, -0.2) is 14.1 Å². The zero-order valence-corrected chi connectivity index (χ0v) is 21.5. The number of aromatic nitrogens is 3. The van der Waals surface area contributed by atoms with Gasteiger partial charge in [-0.15, -0.1) is 11.8 Å². The molecule has 0 fully saturated rings. The third-order valence-corrected chi connectivity index (χ3v) is 7.91. The highest BCUT2D eigenvalue weighted by Gasteiger charge is 2.21. The summed E-state index contributed by atoms with van der Waals surface area (Å²) in [6, 6.07) is 10.6. The maximum Gasteiger partial charge on any atom is 0.212 e. The molecule has 4 aromatic rings. The number of thiazole rings is 1. The fourth-order valence-corrected chi connectivity index (χ4v) is 6.46. The molecule has 32 heavy (non-hydrogen) atoms. The first-order chi connectivity index (χ1) is 15.1. The summed E-state index contributed by atoms with van der Waals surface area (Å²) in [5.41, 5.74) is 6.14. The second-order valence-electron chi connectivity index (χ2n) is 7.90. The molecule has 0 saturated heterocycles. The van der Waals surface area contributed by atoms with Crippen LogP contribution in [0, 0.1) is 26.6 Å². The molecule has 0 bridgehead atoms. The Kier molecular flexibility index (Phi) is 6.68. The summed E-state index contributed by atoms with van der Waals surface area (Å²) >= 11 is 15.7. The van der Waals surface area contributed by atoms with E-state index in [9.17, 15) is 4.39 Å². The summed E-state index contributed by atoms with van der Waals surface area (Å²) < 4.78 is 17.0. The van der Waals surface area contributed by atoms with Crippen LogP contribution in [0.4, 0.5) is 4.39 Å². The Balaban J connectivity index is 1.85. The zero-order chi connectivity index (χ0) is 23.2. The van der Waals surface area contributed by atoms with Gasteiger partial charge in [0.15, 0.2) is 0 Å². The second-order valence-corrected chi connectivity index (χ2v) is 11.5. The van der Waals surface area contributed by atoms with Crippen LogP contribution < -0.4 is 0 Å². The van der Waals surface area contributed by atoms with Crippen LogP contribution in [0.2, 0.25) is 10.0 Å². The maximum atomic E-state index is 14.1. The van der Waals surface area contributed by atoms with Crippen molar-refractivity contribution in [2.24, 2.45) is 0 Å². The molecule has 0 aliphatic heterocycles. The minimum atomic E-state index is -0.252. The number of rotatable bonds is 5. The molecule has 0 aliphatic rings. The first-order valence-corrected chi connectivity index (χ1v) is 12.6. The van der Waals surface area contributed by atoms with Crippen LogP contribution in [-0.2, 0) is 0 Å². The zero-order valence-electron chi connectivity index (χ0n) is 18.3. The number of benzene rings is 2. The van der Waals surface area contributed by atoms with E-state index in [1.807, 2.05) is 43.7 Å². The summed E-state index contributed by atoms with van der Waals surface area (Å²) in [6.07, 6.45) is 0. The minimum absolute atomic E-state index is 0.252. The normalized spacial score (nSPS) is 11.5. The monoisotopic (exact) mass is 505 g/mol. The van der Waals surface area contributed by atoms with Crippen LogP contribution in [0.15, 0.2) is 40.6 Å². The average Bonchev–Trinajstić information content (AvgIpc) is 3.23. The topological polar surface area (TPSA) is 30.7 Å². The number of halogens is 3. The highest BCUT2D eigenvalue weighted by Crippen LogP contribution is 2.41. The lowest BCUT2D eigenvalue weighted by Gasteiger charge is -2.05. The largest absolute Gasteiger partial charge is 0.217 e. The van der Waals surface area contributed by atoms with Gasteiger partial charge in [-0.05, 0) is 56.2 Å². The van der Waals surface area contributed by atoms with Gasteiger partial charge in [0.1, 0.15) is 5.82 Å². The molecule has 2 heterocycles. The molecule has 0 amide bonds. The van der Waals surface area contributed by atoms with Crippen molar-refractivity contribution < 1.29 is 4.39 Å². The van der Waals surface area contributed by atoms with Crippen LogP contribution >= 0.6 is 46.3 Å². The molecule has 3 nitrogen and oxygen atoms in total. The summed E-state index contributed by atoms with van der Waals surface area (Å²) in [5.74, 6) is -0.252. The van der Waals surface area contributed by atoms with Gasteiger partial charge in [-0.3, -0.25) is 0 Å². The van der Waals surface area contributed by atoms with Crippen LogP contribution in [0.5, 0.6) is 0 Å². The van der Waals surface area contributed by atoms with Crippen molar-refractivity contribution in [1.29, 1.82) is 0 Å². The van der Waals surface area contributed by atoms with Crippen LogP contribution in [0.25, 0.3) is 27.5 Å². The number of hydrogen-bond donors (Lipinski definition) is 0. The summed E-state index contributed by atoms with van der Waals surface area (Å²) in [5, 5.41) is 6.91. The number of aryl methyl sites for hydroxylation is 2. The predicted octanol–water partition coefficient (Wildman–Crippen LogP) is 8.53. The van der Waals surface area contributed by atoms with Crippen molar-refractivity contribution in [2.45, 2.75) is 44.1 Å². The summed E-state index contributed by atoms with van der Waals surface area (Å²) in [7, 11) is 0. The number of thioether (sulfide) groups is 1. The molecule has 2 aromatic carbocycles. The number of nitrogens with zero attached hydrogens (tertiary/aromatic N) is 3. The van der Waals surface area contributed by atoms with Gasteiger partial charge in [0.05, 0.1) is 31.3 Å². The average molecular weight is 506 g/mol. The van der Waals surface area contributed by atoms with Crippen LogP contribution in [0.1, 0.15) is 30.8 Å². The highest BCUT2D eigenvalue weighted by molar-refractivity contribution is 8.01. The van der Waals surface area contributed by atoms with Gasteiger partial charge < -0.3 is 0 Å². The van der Waals surface area contributed by atoms with E-state index in [0.717, 1.165) is 48.7 Å². The van der Waals surface area contributed by atoms with Crippen molar-refractivity contribution >= 4 is 46.3 Å². The lowest BCUT2D eigenvalue weighted by molar-refractivity contribution is 0.627. The Morgan fingerprint density at radius 2 is 1.75 bits per heavy atom. The Morgan fingerprint density at radius 3 is 2.41 bits per heavy atom. The van der Waals surface area contributed by atoms with E-state index >= 15 is 0 Å². The molecule has 166 valence electrons. The fraction of sp³-hybridized carbons (Fsp3) is 0.250. The van der Waals surface area contributed by atoms with E-state index in [1.54, 1.807) is 35.2 Å². The van der Waals surface area contributed by atoms with Gasteiger partial charge in [0.25, 0.3) is 0 Å². The molecular weight excluding hydrogens is 484 g/mol. The molecular formula is C24H22Cl2FN3S2. The van der Waals surface area contributed by atoms with Crippen molar-refractivity contribution in [3.8, 4) is 27.5 Å². The SMILES string of the molecule is Cc1cc(F)cc(-c2c(C)nn(-c3nc(-c4ccc(Cl)c(Cl)c4)c(SC(C)C)s3)c2C)c1. The smallest absolute Gasteiger partial charge is 0.212 e. The van der Waals surface area contributed by atoms with E-state index in [4.69, 9.17) is 33.3 Å². The lowest BCUT2D eigenvalue weighted by Crippen LogP contribution is -1.98. The van der Waals surface area contributed by atoms with Crippen molar-refractivity contribution in [3.63, 3.8) is 0 Å². The van der Waals surface area contributed by atoms with Gasteiger partial charge in [0.2, 0.25) is 5.13 Å². The molecule has 8 heteroatoms. The van der Waals surface area contributed by atoms with Crippen LogP contribution in [0.3, 0.4) is 0 Å². The molecule has 4 rings (SSSR count). The molecule has 0 radical (unpaired) electrons. The molecule has 0 aliphatic carbocycles. The quantitative estimate of drug-likeness (QED) is 0.254. The fourth-order valence-electron chi connectivity index (χ4n) is 3.63. The third kappa shape index (κ3) is 4.60. The molecule has 0 atom stereocenters. The Labute approximate surface area is 205 Å². The Hall–Kier alpha value is -1.86. The minimum Gasteiger partial charge on any atom is -0.217 e. The first kappa shape index (κ1) is 23.3. The van der Waals surface area contributed by atoms with Crippen molar-refractivity contribution in [2.75, 3.05) is 0 Å². The van der Waals surface area contributed by atoms with E-state index in [0.29, 0.717) is 15.3 Å². The van der Waals surface area contributed by atoms with Crippen molar-refractivity contribution in [1.82, 2.24) is 14.8 Å². The van der Waals surface area contributed by atoms with Crippen molar-refractivity contribution in [3.05, 3.63) is 69.2 Å². The Bertz CT molecular complexity index is 1290. The van der Waals surface area contributed by atoms with Gasteiger partial charge in [-0.2, -0.15) is 5.10 Å². The van der Waals surface area contributed by atoms with Gasteiger partial charge >= 0.3 is 0 Å². The molecule has 0 spiro atoms. The predicted molar refractivity (Wildman–Crippen MR) is 135 cm³/mol. The van der Waals surface area contributed by atoms with Gasteiger partial charge in [-0.1, -0.05) is 60.5 Å². The summed E-state index contributed by atoms with van der Waals surface area (Å²) in [4.78, 5) is 4.94. The molecule has 0 unspecified atom stereocenters. The first-order valence-electron chi connectivity index (χ1n) is 10.1. The second kappa shape index (κ2) is 9.18. The lowest BCUT2D eigenvalue weighted by atomic mass is 10.0. The molecule has 0 saturated carbocycles. The van der Waals surface area contributed by atoms with E-state index in [-0.39, 0.29) is 5.82 Å². The molecule has 0 N–H and O–H groups in total.